The van der Waals surface area contributed by atoms with Gasteiger partial charge in [0, 0.05) is 19.6 Å². The quantitative estimate of drug-likeness (QED) is 0.00911. The standard InChI is InChI=1S/C48H65N15O19/c49-46(50)55-16-4-10-25(58-37(71)22-7-1-13-31(65)34(22)68)40(74)61-28(19-64)44(79)82-21-30(63-42(76)27(12-6-18-57-48(53)54)60-39(73)24-9-3-15-33(67)36(24)70)45(80)81-20-29(43(77)78)62-41(75)26(11-5-17-56-47(51)52)59-38(72)23-8-2-14-32(66)35(23)69/h1-3,7-9,13-15,25-30,64-70H,4-6,10-12,16-21H2,(H,58,71)(H,59,72)(H,60,73)(H,61,74)(H,62,75)(H,63,76)(H,77,78)(H4,49,50,55)(H4,51,52,56)(H4,53,54,57)/t25-,26-,27-,28+,29+,30+/m1/s1. The first-order valence-electron chi connectivity index (χ1n) is 24.5. The Morgan fingerprint density at radius 3 is 1.02 bits per heavy atom. The number of esters is 2. The van der Waals surface area contributed by atoms with Crippen molar-refractivity contribution < 1.29 is 93.5 Å². The van der Waals surface area contributed by atoms with Crippen molar-refractivity contribution in [2.75, 3.05) is 39.5 Å². The minimum atomic E-state index is -2.20. The normalized spacial score (nSPS) is 12.8. The molecule has 3 aromatic rings. The van der Waals surface area contributed by atoms with Gasteiger partial charge in [-0.1, -0.05) is 18.2 Å². The Balaban J connectivity index is 1.97. The summed E-state index contributed by atoms with van der Waals surface area (Å²) in [6.07, 6.45) is -0.900. The van der Waals surface area contributed by atoms with Crippen LogP contribution in [-0.2, 0) is 38.2 Å². The molecule has 0 aromatic heterocycles. The van der Waals surface area contributed by atoms with Gasteiger partial charge in [-0.2, -0.15) is 0 Å². The van der Waals surface area contributed by atoms with Gasteiger partial charge in [0.25, 0.3) is 17.7 Å². The van der Waals surface area contributed by atoms with E-state index in [1.165, 1.54) is 18.2 Å². The summed E-state index contributed by atoms with van der Waals surface area (Å²) in [6, 6.07) is -1.15. The lowest BCUT2D eigenvalue weighted by molar-refractivity contribution is -0.158. The lowest BCUT2D eigenvalue weighted by Gasteiger charge is -2.25. The Morgan fingerprint density at radius 2 is 0.720 bits per heavy atom. The Kier molecular flexibility index (Phi) is 26.0. The van der Waals surface area contributed by atoms with Crippen molar-refractivity contribution >= 4 is 71.2 Å². The van der Waals surface area contributed by atoms with Crippen molar-refractivity contribution in [3.8, 4) is 34.5 Å². The van der Waals surface area contributed by atoms with E-state index in [4.69, 9.17) is 43.9 Å². The van der Waals surface area contributed by atoms with Crippen molar-refractivity contribution in [3.05, 3.63) is 71.3 Å². The van der Waals surface area contributed by atoms with Gasteiger partial charge in [-0.25, -0.2) is 14.4 Å². The molecule has 34 heteroatoms. The molecular formula is C48H65N15O19. The summed E-state index contributed by atoms with van der Waals surface area (Å²) >= 11 is 0. The Morgan fingerprint density at radius 1 is 0.427 bits per heavy atom. The van der Waals surface area contributed by atoms with E-state index in [-0.39, 0.29) is 76.0 Å². The van der Waals surface area contributed by atoms with Crippen LogP contribution in [0.25, 0.3) is 0 Å². The molecule has 3 aromatic carbocycles. The number of carboxylic acids is 1. The molecular weight excluding hydrogens is 1090 g/mol. The number of carbonyl (C=O) groups excluding carboxylic acids is 8. The third kappa shape index (κ3) is 21.0. The number of aliphatic hydroxyl groups excluding tert-OH is 1. The Bertz CT molecular complexity index is 2880. The highest BCUT2D eigenvalue weighted by molar-refractivity contribution is 6.02. The molecule has 0 spiro atoms. The van der Waals surface area contributed by atoms with Crippen LogP contribution >= 0.6 is 0 Å². The van der Waals surface area contributed by atoms with Crippen molar-refractivity contribution in [1.29, 1.82) is 0 Å². The van der Waals surface area contributed by atoms with Crippen LogP contribution in [0.3, 0.4) is 0 Å². The summed E-state index contributed by atoms with van der Waals surface area (Å²) < 4.78 is 10.5. The van der Waals surface area contributed by atoms with Crippen molar-refractivity contribution in [1.82, 2.24) is 31.9 Å². The number of amides is 6. The number of aliphatic hydroxyl groups is 1. The molecule has 3 rings (SSSR count). The molecule has 26 N–H and O–H groups in total. The molecule has 6 atom stereocenters. The summed E-state index contributed by atoms with van der Waals surface area (Å²) in [5, 5.41) is 94.6. The number of rotatable bonds is 32. The number of hydrogen-bond acceptors (Lipinski definition) is 21. The number of nitrogens with two attached hydrogens (primary N) is 6. The highest BCUT2D eigenvalue weighted by Crippen LogP contribution is 2.30. The molecule has 0 aliphatic rings. The predicted octanol–water partition coefficient (Wildman–Crippen LogP) is -5.61. The SMILES string of the molecule is NC(N)=NCCC[C@@H](NC(=O)c1cccc(O)c1O)C(=O)N[C@@H](COC(=O)[C@H](COC(=O)[C@H](CO)NC(=O)[C@@H](CCCN=C(N)N)NC(=O)c1cccc(O)c1O)NC(=O)[C@@H](CCCN=C(N)N)NC(=O)c1cccc(O)c1O)C(=O)O. The van der Waals surface area contributed by atoms with Gasteiger partial charge in [0.15, 0.2) is 70.5 Å². The molecule has 0 unspecified atom stereocenters. The summed E-state index contributed by atoms with van der Waals surface area (Å²) in [5.74, 6) is -17.5. The largest absolute Gasteiger partial charge is 0.504 e. The second-order valence-corrected chi connectivity index (χ2v) is 17.4. The van der Waals surface area contributed by atoms with E-state index in [9.17, 15) is 84.0 Å². The van der Waals surface area contributed by atoms with Crippen LogP contribution in [0.1, 0.15) is 69.6 Å². The molecule has 0 aliphatic heterocycles. The number of ether oxygens (including phenoxy) is 2. The average Bonchev–Trinajstić information content (AvgIpc) is 3.49. The van der Waals surface area contributed by atoms with E-state index in [2.05, 4.69) is 46.9 Å². The van der Waals surface area contributed by atoms with Crippen molar-refractivity contribution in [2.45, 2.75) is 74.8 Å². The second kappa shape index (κ2) is 32.4. The van der Waals surface area contributed by atoms with Gasteiger partial charge >= 0.3 is 17.9 Å². The van der Waals surface area contributed by atoms with E-state index in [0.29, 0.717) is 0 Å². The summed E-state index contributed by atoms with van der Waals surface area (Å²) in [7, 11) is 0. The van der Waals surface area contributed by atoms with Gasteiger partial charge in [0.1, 0.15) is 31.3 Å². The van der Waals surface area contributed by atoms with Gasteiger partial charge in [0.2, 0.25) is 17.7 Å². The average molecular weight is 1160 g/mol. The van der Waals surface area contributed by atoms with Crippen LogP contribution in [-0.4, -0.2) is 188 Å². The number of nitrogens with one attached hydrogen (secondary N) is 6. The van der Waals surface area contributed by atoms with Crippen molar-refractivity contribution in [3.63, 3.8) is 0 Å². The number of hydrogen-bond donors (Lipinski definition) is 20. The fourth-order valence-electron chi connectivity index (χ4n) is 7.04. The smallest absolute Gasteiger partial charge is 0.332 e. The fraction of sp³-hybridized carbons (Fsp3) is 0.375. The zero-order valence-electron chi connectivity index (χ0n) is 43.5. The van der Waals surface area contributed by atoms with Crippen LogP contribution in [0.4, 0.5) is 0 Å². The van der Waals surface area contributed by atoms with Crippen LogP contribution in [0.5, 0.6) is 34.5 Å². The molecule has 0 aliphatic carbocycles. The predicted molar refractivity (Wildman–Crippen MR) is 285 cm³/mol. The van der Waals surface area contributed by atoms with E-state index < -0.39 is 161 Å². The minimum absolute atomic E-state index is 0.00966. The summed E-state index contributed by atoms with van der Waals surface area (Å²) in [5.41, 5.74) is 30.8. The first kappa shape index (κ1) is 65.7. The van der Waals surface area contributed by atoms with Gasteiger partial charge < -0.3 is 117 Å². The number of benzene rings is 3. The topological polar surface area (TPSA) is 599 Å². The molecule has 0 saturated heterocycles. The minimum Gasteiger partial charge on any atom is -0.504 e. The number of para-hydroxylation sites is 3. The van der Waals surface area contributed by atoms with E-state index >= 15 is 0 Å². The molecule has 0 bridgehead atoms. The highest BCUT2D eigenvalue weighted by Gasteiger charge is 2.35. The number of nitrogens with zero attached hydrogens (tertiary/aromatic N) is 3. The molecule has 0 heterocycles. The molecule has 0 saturated carbocycles. The van der Waals surface area contributed by atoms with Crippen LogP contribution in [0, 0.1) is 0 Å². The number of aliphatic imine (C=N–C) groups is 3. The number of aromatic hydroxyl groups is 6. The monoisotopic (exact) mass is 1160 g/mol. The zero-order valence-corrected chi connectivity index (χ0v) is 43.5. The molecule has 34 nitrogen and oxygen atoms in total. The number of phenolic OH excluding ortho intramolecular Hbond substituents is 6. The van der Waals surface area contributed by atoms with Crippen molar-refractivity contribution in [2.24, 2.45) is 49.4 Å². The van der Waals surface area contributed by atoms with Crippen LogP contribution in [0.15, 0.2) is 69.6 Å². The maximum Gasteiger partial charge on any atom is 0.332 e. The summed E-state index contributed by atoms with van der Waals surface area (Å²) in [4.78, 5) is 133. The number of carboxylic acid groups (broad SMARTS) is 1. The number of phenols is 6. The first-order valence-corrected chi connectivity index (χ1v) is 24.5. The molecule has 446 valence electrons. The number of carbonyl (C=O) groups is 9. The maximum atomic E-state index is 14.1. The molecule has 0 fully saturated rings. The van der Waals surface area contributed by atoms with Crippen LogP contribution in [0.2, 0.25) is 0 Å². The van der Waals surface area contributed by atoms with Gasteiger partial charge in [-0.15, -0.1) is 0 Å². The lowest BCUT2D eigenvalue weighted by atomic mass is 10.1. The van der Waals surface area contributed by atoms with E-state index in [1.807, 2.05) is 0 Å². The summed E-state index contributed by atoms with van der Waals surface area (Å²) in [6.45, 7) is -4.02. The number of aliphatic carboxylic acids is 1. The lowest BCUT2D eigenvalue weighted by Crippen LogP contribution is -2.56. The van der Waals surface area contributed by atoms with Gasteiger partial charge in [-0.3, -0.25) is 43.7 Å². The highest BCUT2D eigenvalue weighted by atomic mass is 16.6. The molecule has 0 radical (unpaired) electrons. The molecule has 82 heavy (non-hydrogen) atoms. The zero-order chi connectivity index (χ0) is 61.2. The third-order valence-corrected chi connectivity index (χ3v) is 11.3. The van der Waals surface area contributed by atoms with Gasteiger partial charge in [0.05, 0.1) is 23.3 Å². The van der Waals surface area contributed by atoms with E-state index in [0.717, 1.165) is 36.4 Å². The Hall–Kier alpha value is -10.5. The fourth-order valence-corrected chi connectivity index (χ4v) is 7.04. The van der Waals surface area contributed by atoms with E-state index in [1.54, 1.807) is 0 Å². The third-order valence-electron chi connectivity index (χ3n) is 11.3. The molecule has 6 amide bonds. The maximum absolute atomic E-state index is 14.1. The van der Waals surface area contributed by atoms with Crippen LogP contribution < -0.4 is 66.3 Å². The number of guanidine groups is 3. The first-order chi connectivity index (χ1) is 38.7. The van der Waals surface area contributed by atoms with Gasteiger partial charge in [-0.05, 0) is 74.9 Å². The Labute approximate surface area is 465 Å². The second-order valence-electron chi connectivity index (χ2n) is 17.4.